The van der Waals surface area contributed by atoms with E-state index in [2.05, 4.69) is 4.98 Å². The second-order valence-electron chi connectivity index (χ2n) is 4.57. The van der Waals surface area contributed by atoms with Crippen molar-refractivity contribution in [2.45, 2.75) is 5.03 Å². The number of amides is 1. The number of ether oxygens (including phenoxy) is 1. The Kier molecular flexibility index (Phi) is 6.14. The van der Waals surface area contributed by atoms with Crippen LogP contribution in [-0.4, -0.2) is 74.0 Å². The molecule has 0 aliphatic heterocycles. The minimum Gasteiger partial charge on any atom is -0.383 e. The Labute approximate surface area is 129 Å². The lowest BCUT2D eigenvalue weighted by Gasteiger charge is -2.22. The van der Waals surface area contributed by atoms with Crippen LogP contribution in [0.3, 0.4) is 0 Å². The molecular formula is C11H19ClN4O4S. The summed E-state index contributed by atoms with van der Waals surface area (Å²) >= 11 is 5.94. The number of halogens is 1. The number of carbonyl (C=O) groups excluding carboxylic acids is 1. The molecule has 0 radical (unpaired) electrons. The number of aryl methyl sites for hydroxylation is 1. The molecule has 0 aliphatic carbocycles. The third-order valence-electron chi connectivity index (χ3n) is 2.77. The number of imidazole rings is 1. The maximum absolute atomic E-state index is 12.6. The highest BCUT2D eigenvalue weighted by atomic mass is 35.5. The Balaban J connectivity index is 3.11. The van der Waals surface area contributed by atoms with E-state index < -0.39 is 10.0 Å². The number of aromatic nitrogens is 2. The zero-order chi connectivity index (χ0) is 16.2. The maximum atomic E-state index is 12.6. The van der Waals surface area contributed by atoms with Gasteiger partial charge in [0.2, 0.25) is 10.9 Å². The van der Waals surface area contributed by atoms with Gasteiger partial charge in [-0.2, -0.15) is 4.31 Å². The van der Waals surface area contributed by atoms with Gasteiger partial charge in [0.1, 0.15) is 5.15 Å². The molecule has 0 aromatic carbocycles. The highest BCUT2D eigenvalue weighted by Gasteiger charge is 2.31. The number of hydrogen-bond donors (Lipinski definition) is 0. The molecular weight excluding hydrogens is 320 g/mol. The van der Waals surface area contributed by atoms with E-state index in [1.807, 2.05) is 0 Å². The van der Waals surface area contributed by atoms with Crippen LogP contribution in [0.25, 0.3) is 0 Å². The quantitative estimate of drug-likeness (QED) is 0.687. The van der Waals surface area contributed by atoms with Crippen molar-refractivity contribution in [1.29, 1.82) is 0 Å². The van der Waals surface area contributed by atoms with Crippen molar-refractivity contribution in [2.75, 3.05) is 40.9 Å². The van der Waals surface area contributed by atoms with Crippen molar-refractivity contribution in [1.82, 2.24) is 18.8 Å². The van der Waals surface area contributed by atoms with Crippen molar-refractivity contribution in [2.24, 2.45) is 7.05 Å². The molecule has 120 valence electrons. The summed E-state index contributed by atoms with van der Waals surface area (Å²) in [5, 5.41) is -0.274. The molecule has 0 aliphatic rings. The lowest BCUT2D eigenvalue weighted by Crippen LogP contribution is -2.42. The summed E-state index contributed by atoms with van der Waals surface area (Å²) < 4.78 is 32.4. The fourth-order valence-corrected chi connectivity index (χ4v) is 3.22. The third kappa shape index (κ3) is 4.16. The van der Waals surface area contributed by atoms with Gasteiger partial charge in [-0.15, -0.1) is 0 Å². The molecule has 1 aromatic rings. The first-order chi connectivity index (χ1) is 9.71. The topological polar surface area (TPSA) is 84.7 Å². The van der Waals surface area contributed by atoms with Crippen LogP contribution >= 0.6 is 11.6 Å². The predicted octanol–water partition coefficient (Wildman–Crippen LogP) is -0.201. The lowest BCUT2D eigenvalue weighted by molar-refractivity contribution is -0.128. The molecule has 1 aromatic heterocycles. The average Bonchev–Trinajstić information content (AvgIpc) is 2.74. The van der Waals surface area contributed by atoms with Crippen molar-refractivity contribution in [3.8, 4) is 0 Å². The highest BCUT2D eigenvalue weighted by molar-refractivity contribution is 7.89. The maximum Gasteiger partial charge on any atom is 0.264 e. The van der Waals surface area contributed by atoms with Crippen LogP contribution < -0.4 is 0 Å². The number of methoxy groups -OCH3 is 1. The second kappa shape index (κ2) is 7.21. The largest absolute Gasteiger partial charge is 0.383 e. The molecule has 0 N–H and O–H groups in total. The number of rotatable bonds is 7. The summed E-state index contributed by atoms with van der Waals surface area (Å²) in [4.78, 5) is 16.9. The molecule has 21 heavy (non-hydrogen) atoms. The van der Waals surface area contributed by atoms with E-state index in [-0.39, 0.29) is 35.8 Å². The zero-order valence-corrected chi connectivity index (χ0v) is 14.0. The minimum absolute atomic E-state index is 0.00489. The van der Waals surface area contributed by atoms with Crippen molar-refractivity contribution in [3.05, 3.63) is 11.5 Å². The highest BCUT2D eigenvalue weighted by Crippen LogP contribution is 2.22. The minimum atomic E-state index is -3.97. The summed E-state index contributed by atoms with van der Waals surface area (Å²) in [7, 11) is 2.17. The Morgan fingerprint density at radius 3 is 2.52 bits per heavy atom. The van der Waals surface area contributed by atoms with Crippen LogP contribution in [0.5, 0.6) is 0 Å². The van der Waals surface area contributed by atoms with Crippen LogP contribution in [0.4, 0.5) is 0 Å². The van der Waals surface area contributed by atoms with Gasteiger partial charge in [0.05, 0.1) is 19.5 Å². The zero-order valence-electron chi connectivity index (χ0n) is 12.4. The second-order valence-corrected chi connectivity index (χ2v) is 6.78. The summed E-state index contributed by atoms with van der Waals surface area (Å²) in [6, 6.07) is 0. The van der Waals surface area contributed by atoms with Gasteiger partial charge < -0.3 is 14.2 Å². The fraction of sp³-hybridized carbons (Fsp3) is 0.636. The fourth-order valence-electron chi connectivity index (χ4n) is 1.46. The van der Waals surface area contributed by atoms with Gasteiger partial charge in [-0.05, 0) is 0 Å². The van der Waals surface area contributed by atoms with Gasteiger partial charge in [0, 0.05) is 34.8 Å². The standard InChI is InChI=1S/C11H19ClN4O4S/c1-14(2)9(17)7-16(5-6-20-4)21(18,19)11-10(12)15(3)8-13-11/h8H,5-7H2,1-4H3. The Morgan fingerprint density at radius 1 is 1.48 bits per heavy atom. The molecule has 0 atom stereocenters. The predicted molar refractivity (Wildman–Crippen MR) is 77.5 cm³/mol. The van der Waals surface area contributed by atoms with Crippen LogP contribution in [0.1, 0.15) is 0 Å². The molecule has 1 rings (SSSR count). The van der Waals surface area contributed by atoms with Crippen molar-refractivity contribution < 1.29 is 17.9 Å². The van der Waals surface area contributed by atoms with Gasteiger partial charge >= 0.3 is 0 Å². The Morgan fingerprint density at radius 2 is 2.10 bits per heavy atom. The molecule has 0 fully saturated rings. The molecule has 0 unspecified atom stereocenters. The molecule has 1 heterocycles. The monoisotopic (exact) mass is 338 g/mol. The van der Waals surface area contributed by atoms with Gasteiger partial charge in [0.25, 0.3) is 10.0 Å². The summed E-state index contributed by atoms with van der Waals surface area (Å²) in [6.07, 6.45) is 1.30. The third-order valence-corrected chi connectivity index (χ3v) is 5.11. The lowest BCUT2D eigenvalue weighted by atomic mass is 10.5. The average molecular weight is 339 g/mol. The van der Waals surface area contributed by atoms with Crippen LogP contribution in [0.15, 0.2) is 11.4 Å². The summed E-state index contributed by atoms with van der Waals surface area (Å²) in [6.45, 7) is -0.110. The number of sulfonamides is 1. The molecule has 0 saturated heterocycles. The number of nitrogens with zero attached hydrogens (tertiary/aromatic N) is 4. The van der Waals surface area contributed by atoms with Crippen LogP contribution in [0.2, 0.25) is 5.15 Å². The molecule has 10 heteroatoms. The molecule has 0 bridgehead atoms. The van der Waals surface area contributed by atoms with E-state index in [0.717, 1.165) is 4.31 Å². The summed E-state index contributed by atoms with van der Waals surface area (Å²) in [5.74, 6) is -0.346. The van der Waals surface area contributed by atoms with Gasteiger partial charge in [-0.1, -0.05) is 11.6 Å². The van der Waals surface area contributed by atoms with Crippen molar-refractivity contribution >= 4 is 27.5 Å². The number of likely N-dealkylation sites (N-methyl/N-ethyl adjacent to an activating group) is 1. The van der Waals surface area contributed by atoms with E-state index >= 15 is 0 Å². The van der Waals surface area contributed by atoms with Crippen molar-refractivity contribution in [3.63, 3.8) is 0 Å². The normalized spacial score (nSPS) is 11.9. The van der Waals surface area contributed by atoms with E-state index in [9.17, 15) is 13.2 Å². The van der Waals surface area contributed by atoms with Crippen LogP contribution in [0, 0.1) is 0 Å². The summed E-state index contributed by atoms with van der Waals surface area (Å²) in [5.41, 5.74) is 0. The Hall–Kier alpha value is -1.16. The molecule has 0 spiro atoms. The first-order valence-electron chi connectivity index (χ1n) is 6.07. The molecule has 8 nitrogen and oxygen atoms in total. The molecule has 0 saturated carbocycles. The van der Waals surface area contributed by atoms with Crippen LogP contribution in [-0.2, 0) is 26.6 Å². The van der Waals surface area contributed by atoms with E-state index in [0.29, 0.717) is 0 Å². The van der Waals surface area contributed by atoms with Gasteiger partial charge in [-0.3, -0.25) is 4.79 Å². The Bertz CT molecular complexity index is 599. The number of carbonyl (C=O) groups is 1. The smallest absolute Gasteiger partial charge is 0.264 e. The van der Waals surface area contributed by atoms with Gasteiger partial charge in [-0.25, -0.2) is 13.4 Å². The van der Waals surface area contributed by atoms with E-state index in [1.165, 1.54) is 22.9 Å². The van der Waals surface area contributed by atoms with Gasteiger partial charge in [0.15, 0.2) is 0 Å². The first-order valence-corrected chi connectivity index (χ1v) is 7.89. The number of hydrogen-bond acceptors (Lipinski definition) is 5. The van der Waals surface area contributed by atoms with E-state index in [4.69, 9.17) is 16.3 Å². The van der Waals surface area contributed by atoms with E-state index in [1.54, 1.807) is 21.1 Å². The SMILES string of the molecule is COCCN(CC(=O)N(C)C)S(=O)(=O)c1ncn(C)c1Cl. The first kappa shape index (κ1) is 17.9. The molecule has 1 amide bonds.